The molecule has 7 heteroatoms. The summed E-state index contributed by atoms with van der Waals surface area (Å²) in [4.78, 5) is 16.4. The van der Waals surface area contributed by atoms with Gasteiger partial charge in [-0.05, 0) is 42.3 Å². The molecule has 0 unspecified atom stereocenters. The van der Waals surface area contributed by atoms with Gasteiger partial charge >= 0.3 is 0 Å². The first kappa shape index (κ1) is 18.0. The van der Waals surface area contributed by atoms with E-state index >= 15 is 0 Å². The summed E-state index contributed by atoms with van der Waals surface area (Å²) in [6.07, 6.45) is 1.38. The van der Waals surface area contributed by atoms with Crippen LogP contribution in [0.3, 0.4) is 0 Å². The monoisotopic (exact) mass is 371 g/mol. The van der Waals surface area contributed by atoms with Crippen molar-refractivity contribution in [1.82, 2.24) is 14.7 Å². The fourth-order valence-corrected chi connectivity index (χ4v) is 2.85. The standard InChI is InChI=1S/C19H18FN3O2S/c1-2-10-21-18(24)14-4-3-5-16(12-14)25-19-22-17(23-26-19)11-13-6-8-15(20)9-7-13/h3-9,12H,2,10-11H2,1H3,(H,21,24). The SMILES string of the molecule is CCCNC(=O)c1cccc(Oc2nc(Cc3ccc(F)cc3)ns2)c1. The molecule has 134 valence electrons. The molecule has 2 aromatic carbocycles. The van der Waals surface area contributed by atoms with Gasteiger partial charge in [0.25, 0.3) is 11.1 Å². The molecule has 0 spiro atoms. The number of aromatic nitrogens is 2. The molecule has 5 nitrogen and oxygen atoms in total. The summed E-state index contributed by atoms with van der Waals surface area (Å²) in [5.74, 6) is 0.727. The molecule has 3 aromatic rings. The quantitative estimate of drug-likeness (QED) is 0.676. The Kier molecular flexibility index (Phi) is 5.91. The van der Waals surface area contributed by atoms with Crippen LogP contribution in [0, 0.1) is 5.82 Å². The van der Waals surface area contributed by atoms with Gasteiger partial charge in [-0.25, -0.2) is 4.39 Å². The highest BCUT2D eigenvalue weighted by Crippen LogP contribution is 2.24. The van der Waals surface area contributed by atoms with Crippen molar-refractivity contribution in [1.29, 1.82) is 0 Å². The van der Waals surface area contributed by atoms with Crippen molar-refractivity contribution in [3.63, 3.8) is 0 Å². The highest BCUT2D eigenvalue weighted by molar-refractivity contribution is 7.07. The van der Waals surface area contributed by atoms with Crippen LogP contribution < -0.4 is 10.1 Å². The third-order valence-electron chi connectivity index (χ3n) is 3.56. The first-order valence-corrected chi connectivity index (χ1v) is 9.04. The average molecular weight is 371 g/mol. The summed E-state index contributed by atoms with van der Waals surface area (Å²) in [6.45, 7) is 2.63. The van der Waals surface area contributed by atoms with Crippen LogP contribution in [0.5, 0.6) is 10.9 Å². The number of halogens is 1. The second-order valence-corrected chi connectivity index (χ2v) is 6.38. The maximum absolute atomic E-state index is 13.0. The van der Waals surface area contributed by atoms with Crippen LogP contribution >= 0.6 is 11.5 Å². The summed E-state index contributed by atoms with van der Waals surface area (Å²) in [6, 6.07) is 13.2. The maximum Gasteiger partial charge on any atom is 0.298 e. The van der Waals surface area contributed by atoms with E-state index in [1.165, 1.54) is 12.1 Å². The van der Waals surface area contributed by atoms with Crippen LogP contribution in [0.1, 0.15) is 35.1 Å². The molecule has 26 heavy (non-hydrogen) atoms. The summed E-state index contributed by atoms with van der Waals surface area (Å²) in [5, 5.41) is 3.23. The number of nitrogens with one attached hydrogen (secondary N) is 1. The molecule has 1 amide bonds. The Morgan fingerprint density at radius 3 is 2.81 bits per heavy atom. The summed E-state index contributed by atoms with van der Waals surface area (Å²) >= 11 is 1.14. The molecule has 0 aliphatic rings. The van der Waals surface area contributed by atoms with Gasteiger partial charge in [0.2, 0.25) is 0 Å². The molecular weight excluding hydrogens is 353 g/mol. The van der Waals surface area contributed by atoms with E-state index in [0.29, 0.717) is 35.3 Å². The van der Waals surface area contributed by atoms with E-state index in [1.807, 2.05) is 6.92 Å². The number of hydrogen-bond donors (Lipinski definition) is 1. The van der Waals surface area contributed by atoms with Crippen LogP contribution in [0.4, 0.5) is 4.39 Å². The van der Waals surface area contributed by atoms with E-state index in [1.54, 1.807) is 36.4 Å². The molecule has 0 radical (unpaired) electrons. The van der Waals surface area contributed by atoms with Gasteiger partial charge in [-0.3, -0.25) is 4.79 Å². The molecule has 0 saturated heterocycles. The number of nitrogens with zero attached hydrogens (tertiary/aromatic N) is 2. The lowest BCUT2D eigenvalue weighted by Gasteiger charge is -2.05. The van der Waals surface area contributed by atoms with Gasteiger partial charge in [0.15, 0.2) is 5.82 Å². The Balaban J connectivity index is 1.65. The molecule has 1 aromatic heterocycles. The summed E-state index contributed by atoms with van der Waals surface area (Å²) < 4.78 is 22.9. The molecule has 3 rings (SSSR count). The van der Waals surface area contributed by atoms with E-state index in [-0.39, 0.29) is 11.7 Å². The van der Waals surface area contributed by atoms with Gasteiger partial charge in [0, 0.05) is 30.1 Å². The molecule has 0 aliphatic heterocycles. The Labute approximate surface area is 155 Å². The van der Waals surface area contributed by atoms with Crippen molar-refractivity contribution in [2.45, 2.75) is 19.8 Å². The fourth-order valence-electron chi connectivity index (χ4n) is 2.28. The molecule has 0 bridgehead atoms. The van der Waals surface area contributed by atoms with Crippen molar-refractivity contribution in [3.05, 3.63) is 71.3 Å². The smallest absolute Gasteiger partial charge is 0.298 e. The highest BCUT2D eigenvalue weighted by Gasteiger charge is 2.10. The van der Waals surface area contributed by atoms with E-state index in [2.05, 4.69) is 14.7 Å². The summed E-state index contributed by atoms with van der Waals surface area (Å²) in [7, 11) is 0. The van der Waals surface area contributed by atoms with Crippen molar-refractivity contribution in [3.8, 4) is 10.9 Å². The Morgan fingerprint density at radius 2 is 2.04 bits per heavy atom. The molecule has 0 atom stereocenters. The second-order valence-electron chi connectivity index (χ2n) is 5.67. The Morgan fingerprint density at radius 1 is 1.23 bits per heavy atom. The average Bonchev–Trinajstić information content (AvgIpc) is 3.08. The van der Waals surface area contributed by atoms with E-state index in [4.69, 9.17) is 4.74 Å². The third kappa shape index (κ3) is 4.86. The second kappa shape index (κ2) is 8.53. The molecule has 0 fully saturated rings. The minimum absolute atomic E-state index is 0.133. The van der Waals surface area contributed by atoms with Crippen LogP contribution in [0.25, 0.3) is 0 Å². The van der Waals surface area contributed by atoms with Gasteiger partial charge in [0.05, 0.1) is 0 Å². The lowest BCUT2D eigenvalue weighted by Crippen LogP contribution is -2.23. The van der Waals surface area contributed by atoms with Crippen molar-refractivity contribution in [2.75, 3.05) is 6.54 Å². The largest absolute Gasteiger partial charge is 0.430 e. The first-order chi connectivity index (χ1) is 12.6. The van der Waals surface area contributed by atoms with E-state index in [9.17, 15) is 9.18 Å². The van der Waals surface area contributed by atoms with Gasteiger partial charge in [-0.2, -0.15) is 9.36 Å². The molecule has 1 N–H and O–H groups in total. The number of benzene rings is 2. The zero-order valence-corrected chi connectivity index (χ0v) is 15.1. The predicted octanol–water partition coefficient (Wildman–Crippen LogP) is 4.20. The molecular formula is C19H18FN3O2S. The van der Waals surface area contributed by atoms with Gasteiger partial charge in [-0.15, -0.1) is 0 Å². The zero-order valence-electron chi connectivity index (χ0n) is 14.2. The van der Waals surface area contributed by atoms with Crippen LogP contribution in [0.15, 0.2) is 48.5 Å². The molecule has 1 heterocycles. The molecule has 0 aliphatic carbocycles. The van der Waals surface area contributed by atoms with Crippen molar-refractivity contribution < 1.29 is 13.9 Å². The predicted molar refractivity (Wildman–Crippen MR) is 98.3 cm³/mol. The topological polar surface area (TPSA) is 64.1 Å². The lowest BCUT2D eigenvalue weighted by molar-refractivity contribution is 0.0953. The number of carbonyl (C=O) groups excluding carboxylic acids is 1. The fraction of sp³-hybridized carbons (Fsp3) is 0.211. The van der Waals surface area contributed by atoms with Gasteiger partial charge in [0.1, 0.15) is 11.6 Å². The normalized spacial score (nSPS) is 10.5. The molecule has 0 saturated carbocycles. The minimum atomic E-state index is -0.271. The maximum atomic E-state index is 13.0. The van der Waals surface area contributed by atoms with Crippen molar-refractivity contribution >= 4 is 17.4 Å². The van der Waals surface area contributed by atoms with Gasteiger partial charge in [-0.1, -0.05) is 25.1 Å². The van der Waals surface area contributed by atoms with Gasteiger partial charge < -0.3 is 10.1 Å². The van der Waals surface area contributed by atoms with Crippen LogP contribution in [-0.4, -0.2) is 21.8 Å². The third-order valence-corrected chi connectivity index (χ3v) is 4.19. The number of amides is 1. The number of hydrogen-bond acceptors (Lipinski definition) is 5. The number of ether oxygens (including phenoxy) is 1. The van der Waals surface area contributed by atoms with E-state index < -0.39 is 0 Å². The summed E-state index contributed by atoms with van der Waals surface area (Å²) in [5.41, 5.74) is 1.46. The van der Waals surface area contributed by atoms with Crippen LogP contribution in [0.2, 0.25) is 0 Å². The highest BCUT2D eigenvalue weighted by atomic mass is 32.1. The first-order valence-electron chi connectivity index (χ1n) is 8.27. The minimum Gasteiger partial charge on any atom is -0.430 e. The van der Waals surface area contributed by atoms with Crippen molar-refractivity contribution in [2.24, 2.45) is 0 Å². The van der Waals surface area contributed by atoms with Crippen LogP contribution in [-0.2, 0) is 6.42 Å². The number of carbonyl (C=O) groups is 1. The lowest BCUT2D eigenvalue weighted by atomic mass is 10.1. The zero-order chi connectivity index (χ0) is 18.4. The van der Waals surface area contributed by atoms with E-state index in [0.717, 1.165) is 23.5 Å². The Bertz CT molecular complexity index is 881. The Hall–Kier alpha value is -2.80. The number of rotatable bonds is 7.